The van der Waals surface area contributed by atoms with Crippen LogP contribution in [-0.4, -0.2) is 65.9 Å². The van der Waals surface area contributed by atoms with Crippen molar-refractivity contribution in [3.63, 3.8) is 0 Å². The zero-order valence-electron chi connectivity index (χ0n) is 21.2. The van der Waals surface area contributed by atoms with Crippen LogP contribution in [0.4, 0.5) is 4.79 Å². The Kier molecular flexibility index (Phi) is 10.9. The number of nitrogens with zero attached hydrogens (tertiary/aromatic N) is 1. The van der Waals surface area contributed by atoms with Crippen molar-refractivity contribution in [2.24, 2.45) is 0 Å². The highest BCUT2D eigenvalue weighted by atomic mass is 32.1. The predicted molar refractivity (Wildman–Crippen MR) is 133 cm³/mol. The number of amides is 3. The average molecular weight is 496 g/mol. The largest absolute Gasteiger partial charge is 0.468 e. The fraction of sp³-hybridized carbons (Fsp3) is 0.583. The van der Waals surface area contributed by atoms with Crippen molar-refractivity contribution in [2.45, 2.75) is 72.2 Å². The maximum atomic E-state index is 13.6. The molecule has 2 atom stereocenters. The van der Waals surface area contributed by atoms with Crippen LogP contribution in [0, 0.1) is 13.8 Å². The molecule has 190 valence electrons. The molecule has 9 nitrogen and oxygen atoms in total. The Morgan fingerprint density at radius 2 is 1.71 bits per heavy atom. The number of carbonyl (C=O) groups is 4. The highest BCUT2D eigenvalue weighted by Crippen LogP contribution is 2.27. The van der Waals surface area contributed by atoms with Crippen LogP contribution < -0.4 is 10.6 Å². The van der Waals surface area contributed by atoms with E-state index >= 15 is 0 Å². The molecule has 3 amide bonds. The summed E-state index contributed by atoms with van der Waals surface area (Å²) in [5, 5.41) is 5.10. The van der Waals surface area contributed by atoms with Gasteiger partial charge < -0.3 is 25.0 Å². The number of methoxy groups -OCH3 is 1. The van der Waals surface area contributed by atoms with Crippen molar-refractivity contribution in [2.75, 3.05) is 19.4 Å². The van der Waals surface area contributed by atoms with Gasteiger partial charge in [-0.2, -0.15) is 12.6 Å². The lowest BCUT2D eigenvalue weighted by atomic mass is 9.97. The van der Waals surface area contributed by atoms with Crippen molar-refractivity contribution in [3.8, 4) is 0 Å². The standard InChI is InChI=1S/C24H37N3O6S/c1-14(2)27(22(30)18(13-34)26-23(31)33-24(5,6)7)20(21(29)25-12-19(28)32-8)17-10-9-15(3)16(4)11-17/h9-11,14,18,20,34H,12-13H2,1-8H3,(H,25,29)(H,26,31). The van der Waals surface area contributed by atoms with E-state index in [9.17, 15) is 19.2 Å². The summed E-state index contributed by atoms with van der Waals surface area (Å²) in [5.74, 6) is -1.68. The number of ether oxygens (including phenoxy) is 2. The van der Waals surface area contributed by atoms with Crippen LogP contribution in [0.15, 0.2) is 18.2 Å². The van der Waals surface area contributed by atoms with E-state index in [1.807, 2.05) is 26.0 Å². The summed E-state index contributed by atoms with van der Waals surface area (Å²) in [6.45, 7) is 12.2. The lowest BCUT2D eigenvalue weighted by molar-refractivity contribution is -0.145. The Hall–Kier alpha value is -2.75. The molecule has 0 aliphatic carbocycles. The number of benzene rings is 1. The maximum absolute atomic E-state index is 13.6. The second kappa shape index (κ2) is 12.6. The Morgan fingerprint density at radius 3 is 2.18 bits per heavy atom. The fourth-order valence-corrected chi connectivity index (χ4v) is 3.44. The molecule has 0 heterocycles. The molecule has 1 rings (SSSR count). The van der Waals surface area contributed by atoms with Gasteiger partial charge in [0.1, 0.15) is 24.2 Å². The monoisotopic (exact) mass is 495 g/mol. The van der Waals surface area contributed by atoms with Crippen LogP contribution in [0.1, 0.15) is 57.4 Å². The van der Waals surface area contributed by atoms with Gasteiger partial charge in [0.15, 0.2) is 0 Å². The summed E-state index contributed by atoms with van der Waals surface area (Å²) < 4.78 is 9.88. The van der Waals surface area contributed by atoms with Crippen LogP contribution in [0.25, 0.3) is 0 Å². The van der Waals surface area contributed by atoms with Crippen molar-refractivity contribution < 1.29 is 28.7 Å². The normalized spacial score (nSPS) is 13.0. The van der Waals surface area contributed by atoms with Gasteiger partial charge in [-0.05, 0) is 65.2 Å². The third-order valence-electron chi connectivity index (χ3n) is 4.99. The minimum absolute atomic E-state index is 0.00920. The first kappa shape index (κ1) is 29.3. The molecule has 0 radical (unpaired) electrons. The van der Waals surface area contributed by atoms with Gasteiger partial charge >= 0.3 is 12.1 Å². The highest BCUT2D eigenvalue weighted by Gasteiger charge is 2.37. The van der Waals surface area contributed by atoms with E-state index in [1.165, 1.54) is 12.0 Å². The molecule has 2 N–H and O–H groups in total. The molecule has 0 aliphatic heterocycles. The molecule has 0 saturated carbocycles. The highest BCUT2D eigenvalue weighted by molar-refractivity contribution is 7.80. The van der Waals surface area contributed by atoms with Crippen molar-refractivity contribution in [1.82, 2.24) is 15.5 Å². The zero-order chi connectivity index (χ0) is 26.2. The first-order valence-electron chi connectivity index (χ1n) is 11.1. The summed E-state index contributed by atoms with van der Waals surface area (Å²) in [4.78, 5) is 52.2. The molecular weight excluding hydrogens is 458 g/mol. The van der Waals surface area contributed by atoms with Gasteiger partial charge in [0.05, 0.1) is 7.11 Å². The number of hydrogen-bond acceptors (Lipinski definition) is 7. The van der Waals surface area contributed by atoms with Crippen molar-refractivity contribution in [1.29, 1.82) is 0 Å². The molecule has 1 aromatic rings. The van der Waals surface area contributed by atoms with Gasteiger partial charge in [-0.15, -0.1) is 0 Å². The fourth-order valence-electron chi connectivity index (χ4n) is 3.20. The summed E-state index contributed by atoms with van der Waals surface area (Å²) in [6.07, 6.45) is -0.763. The number of carbonyl (C=O) groups excluding carboxylic acids is 4. The summed E-state index contributed by atoms with van der Waals surface area (Å²) in [6, 6.07) is 2.94. The topological polar surface area (TPSA) is 114 Å². The molecular formula is C24H37N3O6S. The van der Waals surface area contributed by atoms with E-state index in [2.05, 4.69) is 28.0 Å². The van der Waals surface area contributed by atoms with Crippen LogP contribution >= 0.6 is 12.6 Å². The third-order valence-corrected chi connectivity index (χ3v) is 5.36. The first-order chi connectivity index (χ1) is 15.7. The van der Waals surface area contributed by atoms with Crippen molar-refractivity contribution in [3.05, 3.63) is 34.9 Å². The summed E-state index contributed by atoms with van der Waals surface area (Å²) in [7, 11) is 1.22. The number of alkyl carbamates (subject to hydrolysis) is 1. The van der Waals surface area contributed by atoms with Gasteiger partial charge in [-0.3, -0.25) is 14.4 Å². The number of aryl methyl sites for hydroxylation is 2. The Labute approximate surface area is 207 Å². The molecule has 0 fully saturated rings. The molecule has 34 heavy (non-hydrogen) atoms. The predicted octanol–water partition coefficient (Wildman–Crippen LogP) is 2.69. The lowest BCUT2D eigenvalue weighted by Crippen LogP contribution is -2.56. The van der Waals surface area contributed by atoms with E-state index in [0.717, 1.165) is 11.1 Å². The molecule has 0 bridgehead atoms. The Morgan fingerprint density at radius 1 is 1.09 bits per heavy atom. The van der Waals surface area contributed by atoms with Crippen LogP contribution in [0.2, 0.25) is 0 Å². The third kappa shape index (κ3) is 8.55. The van der Waals surface area contributed by atoms with Crippen molar-refractivity contribution >= 4 is 36.5 Å². The molecule has 2 unspecified atom stereocenters. The lowest BCUT2D eigenvalue weighted by Gasteiger charge is -2.37. The number of nitrogens with one attached hydrogen (secondary N) is 2. The number of thiol groups is 1. The Bertz CT molecular complexity index is 897. The average Bonchev–Trinajstić information content (AvgIpc) is 2.73. The molecule has 0 aromatic heterocycles. The molecule has 1 aromatic carbocycles. The van der Waals surface area contributed by atoms with Gasteiger partial charge in [0.2, 0.25) is 11.8 Å². The van der Waals surface area contributed by atoms with Gasteiger partial charge in [0.25, 0.3) is 0 Å². The van der Waals surface area contributed by atoms with Crippen LogP contribution in [-0.2, 0) is 23.9 Å². The second-order valence-electron chi connectivity index (χ2n) is 9.26. The number of hydrogen-bond donors (Lipinski definition) is 3. The van der Waals surface area contributed by atoms with E-state index in [0.29, 0.717) is 5.56 Å². The summed E-state index contributed by atoms with van der Waals surface area (Å²) >= 11 is 4.24. The van der Waals surface area contributed by atoms with E-state index in [4.69, 9.17) is 4.74 Å². The molecule has 0 saturated heterocycles. The zero-order valence-corrected chi connectivity index (χ0v) is 22.1. The van der Waals surface area contributed by atoms with Crippen LogP contribution in [0.5, 0.6) is 0 Å². The van der Waals surface area contributed by atoms with Crippen LogP contribution in [0.3, 0.4) is 0 Å². The minimum atomic E-state index is -1.06. The SMILES string of the molecule is COC(=O)CNC(=O)C(c1ccc(C)c(C)c1)N(C(=O)C(CS)NC(=O)OC(C)(C)C)C(C)C. The second-order valence-corrected chi connectivity index (χ2v) is 9.63. The van der Waals surface area contributed by atoms with E-state index in [-0.39, 0.29) is 12.3 Å². The number of esters is 1. The van der Waals surface area contributed by atoms with Gasteiger partial charge in [-0.25, -0.2) is 4.79 Å². The van der Waals surface area contributed by atoms with Gasteiger partial charge in [0, 0.05) is 11.8 Å². The number of rotatable bonds is 9. The smallest absolute Gasteiger partial charge is 0.408 e. The molecule has 10 heteroatoms. The molecule has 0 spiro atoms. The van der Waals surface area contributed by atoms with E-state index < -0.39 is 47.6 Å². The Balaban J connectivity index is 3.39. The maximum Gasteiger partial charge on any atom is 0.408 e. The quantitative estimate of drug-likeness (QED) is 0.359. The van der Waals surface area contributed by atoms with E-state index in [1.54, 1.807) is 40.7 Å². The summed E-state index contributed by atoms with van der Waals surface area (Å²) in [5.41, 5.74) is 1.79. The first-order valence-corrected chi connectivity index (χ1v) is 11.7. The minimum Gasteiger partial charge on any atom is -0.468 e. The van der Waals surface area contributed by atoms with Gasteiger partial charge in [-0.1, -0.05) is 18.2 Å². The molecule has 0 aliphatic rings.